The molecule has 0 unspecified atom stereocenters. The smallest absolute Gasteiger partial charge is 0.267 e. The molecule has 1 fully saturated rings. The number of carbonyl (C=O) groups is 2. The van der Waals surface area contributed by atoms with Crippen LogP contribution in [-0.4, -0.2) is 66.4 Å². The number of thioether (sulfide) groups is 1. The van der Waals surface area contributed by atoms with Crippen LogP contribution in [0.25, 0.3) is 11.1 Å². The minimum absolute atomic E-state index is 0.0986. The van der Waals surface area contributed by atoms with E-state index in [1.165, 1.54) is 23.5 Å². The third-order valence-corrected chi connectivity index (χ3v) is 8.32. The van der Waals surface area contributed by atoms with Gasteiger partial charge in [0.05, 0.1) is 4.88 Å². The van der Waals surface area contributed by atoms with E-state index in [2.05, 4.69) is 26.9 Å². The number of aliphatic imine (C=N–C) groups is 1. The molecule has 7 nitrogen and oxygen atoms in total. The first-order chi connectivity index (χ1) is 17.3. The first-order valence-corrected chi connectivity index (χ1v) is 13.3. The molecule has 3 aromatic rings. The number of pyridine rings is 1. The molecular formula is C26H28FN5O2S2. The van der Waals surface area contributed by atoms with Crippen molar-refractivity contribution >= 4 is 52.4 Å². The summed E-state index contributed by atoms with van der Waals surface area (Å²) < 4.78 is 13.1. The predicted octanol–water partition coefficient (Wildman–Crippen LogP) is 5.38. The molecular weight excluding hydrogens is 497 g/mol. The van der Waals surface area contributed by atoms with Crippen LogP contribution in [0, 0.1) is 11.7 Å². The number of halogens is 1. The van der Waals surface area contributed by atoms with Crippen LogP contribution in [0.3, 0.4) is 0 Å². The number of piperidine rings is 1. The number of carbonyl (C=O) groups excluding carboxylic acids is 2. The zero-order chi connectivity index (χ0) is 25.7. The Morgan fingerprint density at radius 1 is 1.19 bits per heavy atom. The number of nitrogens with zero attached hydrogens (tertiary/aromatic N) is 4. The van der Waals surface area contributed by atoms with Crippen LogP contribution < -0.4 is 5.32 Å². The quantitative estimate of drug-likeness (QED) is 0.315. The van der Waals surface area contributed by atoms with E-state index in [1.54, 1.807) is 55.2 Å². The normalized spacial score (nSPS) is 14.4. The second-order valence-electron chi connectivity index (χ2n) is 8.73. The van der Waals surface area contributed by atoms with E-state index in [9.17, 15) is 14.0 Å². The molecule has 36 heavy (non-hydrogen) atoms. The molecule has 0 atom stereocenters. The third kappa shape index (κ3) is 6.37. The molecule has 0 aliphatic carbocycles. The monoisotopic (exact) mass is 525 g/mol. The summed E-state index contributed by atoms with van der Waals surface area (Å²) in [5.74, 6) is 0.933. The maximum absolute atomic E-state index is 13.1. The number of nitrogens with one attached hydrogen (secondary N) is 1. The fourth-order valence-electron chi connectivity index (χ4n) is 3.98. The van der Waals surface area contributed by atoms with E-state index in [1.807, 2.05) is 12.1 Å². The van der Waals surface area contributed by atoms with Gasteiger partial charge >= 0.3 is 0 Å². The molecule has 188 valence electrons. The number of thiophene rings is 1. The molecule has 4 rings (SSSR count). The maximum Gasteiger partial charge on any atom is 0.267 e. The summed E-state index contributed by atoms with van der Waals surface area (Å²) in [6.45, 7) is 5.39. The van der Waals surface area contributed by atoms with E-state index >= 15 is 0 Å². The minimum Gasteiger partial charge on any atom is -0.349 e. The average molecular weight is 526 g/mol. The highest BCUT2D eigenvalue weighted by atomic mass is 32.2. The average Bonchev–Trinajstić information content (AvgIpc) is 3.32. The van der Waals surface area contributed by atoms with Crippen LogP contribution in [0.1, 0.15) is 22.5 Å². The Balaban J connectivity index is 1.33. The fourth-order valence-corrected chi connectivity index (χ4v) is 6.08. The van der Waals surface area contributed by atoms with Gasteiger partial charge in [0.2, 0.25) is 5.91 Å². The van der Waals surface area contributed by atoms with E-state index < -0.39 is 0 Å². The lowest BCUT2D eigenvalue weighted by Gasteiger charge is -2.32. The lowest BCUT2D eigenvalue weighted by molar-refractivity contribution is -0.134. The van der Waals surface area contributed by atoms with E-state index in [-0.39, 0.29) is 23.5 Å². The number of anilines is 1. The van der Waals surface area contributed by atoms with Gasteiger partial charge < -0.3 is 10.2 Å². The van der Waals surface area contributed by atoms with Crippen molar-refractivity contribution in [2.75, 3.05) is 38.4 Å². The molecule has 1 N–H and O–H groups in total. The summed E-state index contributed by atoms with van der Waals surface area (Å²) in [4.78, 5) is 38.9. The summed E-state index contributed by atoms with van der Waals surface area (Å²) in [6.07, 6.45) is 3.35. The van der Waals surface area contributed by atoms with Gasteiger partial charge in [0.25, 0.3) is 5.91 Å². The molecule has 0 bridgehead atoms. The SMILES string of the molecule is C=Nc1sc(C(=O)Nc2ccc(-c3ccc(F)cc3)cn2)cc1SCN1CCC(C(=O)N(C)C)CC1. The lowest BCUT2D eigenvalue weighted by atomic mass is 9.96. The molecule has 3 heterocycles. The van der Waals surface area contributed by atoms with Gasteiger partial charge in [-0.15, -0.1) is 23.1 Å². The van der Waals surface area contributed by atoms with Gasteiger partial charge in [-0.1, -0.05) is 12.1 Å². The Labute approximate surface area is 218 Å². The molecule has 1 aromatic carbocycles. The number of aromatic nitrogens is 1. The standard InChI is InChI=1S/C26H28FN5O2S2/c1-28-25-22(35-16-32-12-10-18(11-13-32)26(34)31(2)3)14-21(36-25)24(33)30-23-9-6-19(15-29-23)17-4-7-20(27)8-5-17/h4-9,14-15,18H,1,10-13,16H2,2-3H3,(H,29,30,33). The molecule has 1 saturated heterocycles. The lowest BCUT2D eigenvalue weighted by Crippen LogP contribution is -2.39. The molecule has 0 spiro atoms. The number of benzene rings is 1. The van der Waals surface area contributed by atoms with Crippen LogP contribution in [0.2, 0.25) is 0 Å². The van der Waals surface area contributed by atoms with Crippen LogP contribution in [0.15, 0.2) is 58.5 Å². The van der Waals surface area contributed by atoms with Crippen LogP contribution in [-0.2, 0) is 4.79 Å². The number of hydrogen-bond acceptors (Lipinski definition) is 7. The first-order valence-electron chi connectivity index (χ1n) is 11.5. The number of hydrogen-bond donors (Lipinski definition) is 1. The van der Waals surface area contributed by atoms with Gasteiger partial charge in [0.1, 0.15) is 16.6 Å². The summed E-state index contributed by atoms with van der Waals surface area (Å²) in [5.41, 5.74) is 1.67. The zero-order valence-corrected chi connectivity index (χ0v) is 21.9. The first kappa shape index (κ1) is 26.0. The molecule has 1 aliphatic rings. The van der Waals surface area contributed by atoms with Gasteiger partial charge in [0, 0.05) is 42.5 Å². The van der Waals surface area contributed by atoms with E-state index in [0.717, 1.165) is 47.8 Å². The summed E-state index contributed by atoms with van der Waals surface area (Å²) in [7, 11) is 3.61. The van der Waals surface area contributed by atoms with E-state index in [0.29, 0.717) is 15.7 Å². The van der Waals surface area contributed by atoms with Gasteiger partial charge in [-0.2, -0.15) is 0 Å². The highest BCUT2D eigenvalue weighted by Gasteiger charge is 2.26. The Hall–Kier alpha value is -3.08. The second-order valence-corrected chi connectivity index (χ2v) is 10.7. The Morgan fingerprint density at radius 2 is 1.89 bits per heavy atom. The molecule has 0 saturated carbocycles. The second kappa shape index (κ2) is 11.8. The van der Waals surface area contributed by atoms with Gasteiger partial charge in [0.15, 0.2) is 0 Å². The summed E-state index contributed by atoms with van der Waals surface area (Å²) >= 11 is 2.91. The maximum atomic E-state index is 13.1. The largest absolute Gasteiger partial charge is 0.349 e. The van der Waals surface area contributed by atoms with Crippen molar-refractivity contribution in [2.45, 2.75) is 17.7 Å². The molecule has 1 aliphatic heterocycles. The highest BCUT2D eigenvalue weighted by molar-refractivity contribution is 7.99. The van der Waals surface area contributed by atoms with Crippen molar-refractivity contribution in [3.63, 3.8) is 0 Å². The number of rotatable bonds is 8. The topological polar surface area (TPSA) is 77.9 Å². The van der Waals surface area contributed by atoms with Crippen molar-refractivity contribution < 1.29 is 14.0 Å². The van der Waals surface area contributed by atoms with Gasteiger partial charge in [-0.05, 0) is 68.5 Å². The summed E-state index contributed by atoms with van der Waals surface area (Å²) in [5, 5.41) is 3.53. The Morgan fingerprint density at radius 3 is 2.50 bits per heavy atom. The van der Waals surface area contributed by atoms with Crippen molar-refractivity contribution in [3.8, 4) is 11.1 Å². The molecule has 10 heteroatoms. The molecule has 2 amide bonds. The Bertz CT molecular complexity index is 1220. The summed E-state index contributed by atoms with van der Waals surface area (Å²) in [6, 6.07) is 11.6. The fraction of sp³-hybridized carbons (Fsp3) is 0.308. The van der Waals surface area contributed by atoms with Crippen molar-refractivity contribution in [2.24, 2.45) is 10.9 Å². The van der Waals surface area contributed by atoms with Crippen molar-refractivity contribution in [1.82, 2.24) is 14.8 Å². The van der Waals surface area contributed by atoms with Crippen LogP contribution in [0.4, 0.5) is 15.2 Å². The van der Waals surface area contributed by atoms with Gasteiger partial charge in [-0.3, -0.25) is 19.5 Å². The zero-order valence-electron chi connectivity index (χ0n) is 20.2. The van der Waals surface area contributed by atoms with Gasteiger partial charge in [-0.25, -0.2) is 9.37 Å². The third-order valence-electron chi connectivity index (χ3n) is 6.01. The van der Waals surface area contributed by atoms with E-state index in [4.69, 9.17) is 0 Å². The molecule has 2 aromatic heterocycles. The van der Waals surface area contributed by atoms with Crippen LogP contribution >= 0.6 is 23.1 Å². The van der Waals surface area contributed by atoms with Crippen molar-refractivity contribution in [1.29, 1.82) is 0 Å². The predicted molar refractivity (Wildman–Crippen MR) is 145 cm³/mol. The van der Waals surface area contributed by atoms with Crippen molar-refractivity contribution in [3.05, 3.63) is 59.4 Å². The Kier molecular flexibility index (Phi) is 8.50. The number of amides is 2. The minimum atomic E-state index is -0.293. The number of likely N-dealkylation sites (tertiary alicyclic amines) is 1. The molecule has 0 radical (unpaired) electrons. The van der Waals surface area contributed by atoms with Crippen LogP contribution in [0.5, 0.6) is 0 Å². The highest BCUT2D eigenvalue weighted by Crippen LogP contribution is 2.38.